The van der Waals surface area contributed by atoms with E-state index in [4.69, 9.17) is 9.47 Å². The Morgan fingerprint density at radius 3 is 1.22 bits per heavy atom. The Morgan fingerprint density at radius 1 is 0.585 bits per heavy atom. The lowest BCUT2D eigenvalue weighted by atomic mass is 9.97. The Labute approximate surface area is 238 Å². The fraction of sp³-hybridized carbons (Fsp3) is 0.467. The molecule has 3 heterocycles. The highest BCUT2D eigenvalue weighted by molar-refractivity contribution is 5.89. The van der Waals surface area contributed by atoms with Crippen molar-refractivity contribution in [1.82, 2.24) is 15.0 Å². The molecule has 0 saturated heterocycles. The van der Waals surface area contributed by atoms with Crippen LogP contribution in [0.5, 0.6) is 0 Å². The predicted molar refractivity (Wildman–Crippen MR) is 151 cm³/mol. The zero-order valence-electron chi connectivity index (χ0n) is 24.5. The van der Waals surface area contributed by atoms with Gasteiger partial charge in [-0.1, -0.05) is 13.8 Å². The first-order chi connectivity index (χ1) is 19.5. The number of hydrogen-bond acceptors (Lipinski definition) is 6. The summed E-state index contributed by atoms with van der Waals surface area (Å²) >= 11 is 0. The van der Waals surface area contributed by atoms with E-state index in [2.05, 4.69) is 15.0 Å². The first kappa shape index (κ1) is 31.3. The fourth-order valence-corrected chi connectivity index (χ4v) is 5.52. The van der Waals surface area contributed by atoms with Gasteiger partial charge in [0.25, 0.3) is 0 Å². The van der Waals surface area contributed by atoms with E-state index in [0.717, 1.165) is 22.5 Å². The lowest BCUT2D eigenvalue weighted by molar-refractivity contribution is -0.143. The van der Waals surface area contributed by atoms with Crippen molar-refractivity contribution in [2.75, 3.05) is 13.2 Å². The van der Waals surface area contributed by atoms with Gasteiger partial charge in [-0.25, -0.2) is 9.59 Å². The van der Waals surface area contributed by atoms with Crippen LogP contribution in [0.3, 0.4) is 0 Å². The molecule has 222 valence electrons. The summed E-state index contributed by atoms with van der Waals surface area (Å²) in [4.78, 5) is 58.0. The molecule has 0 unspecified atom stereocenters. The molecule has 41 heavy (non-hydrogen) atoms. The van der Waals surface area contributed by atoms with Gasteiger partial charge in [0, 0.05) is 35.6 Å². The maximum absolute atomic E-state index is 12.3. The number of aromatic nitrogens is 3. The van der Waals surface area contributed by atoms with Gasteiger partial charge in [0.05, 0.1) is 26.1 Å². The zero-order chi connectivity index (χ0) is 30.4. The van der Waals surface area contributed by atoms with E-state index in [1.807, 2.05) is 13.8 Å². The number of rotatable bonds is 14. The van der Waals surface area contributed by atoms with Gasteiger partial charge in [-0.15, -0.1) is 0 Å². The van der Waals surface area contributed by atoms with Gasteiger partial charge in [0.15, 0.2) is 0 Å². The van der Waals surface area contributed by atoms with Crippen LogP contribution in [0.25, 0.3) is 0 Å². The molecule has 0 bridgehead atoms. The van der Waals surface area contributed by atoms with E-state index in [-0.39, 0.29) is 37.4 Å². The molecule has 0 radical (unpaired) electrons. The van der Waals surface area contributed by atoms with Crippen LogP contribution in [0.2, 0.25) is 0 Å². The summed E-state index contributed by atoms with van der Waals surface area (Å²) in [6, 6.07) is 0. The highest BCUT2D eigenvalue weighted by atomic mass is 16.5. The van der Waals surface area contributed by atoms with Gasteiger partial charge in [-0.3, -0.25) is 9.59 Å². The normalized spacial score (nSPS) is 11.1. The van der Waals surface area contributed by atoms with Crippen molar-refractivity contribution in [3.8, 4) is 0 Å². The third-order valence-corrected chi connectivity index (χ3v) is 7.43. The number of carboxylic acids is 2. The maximum atomic E-state index is 12.3. The highest BCUT2D eigenvalue weighted by Crippen LogP contribution is 2.30. The minimum atomic E-state index is -1.11. The van der Waals surface area contributed by atoms with Crippen molar-refractivity contribution >= 4 is 23.9 Å². The Morgan fingerprint density at radius 2 is 0.927 bits per heavy atom. The maximum Gasteiger partial charge on any atom is 0.352 e. The minimum absolute atomic E-state index is 0.0338. The first-order valence-corrected chi connectivity index (χ1v) is 13.9. The second kappa shape index (κ2) is 13.4. The standard InChI is InChI=1S/C30H39N3O8/c1-7-17-18(8-2)22(14-24-20(12-26(35)41-10-4)16(6)28(33-24)30(38)39)31-21(17)13-23-19(11-25(34)40-9-3)15(5)27(32-23)29(36)37/h31-33H,7-14H2,1-6H3,(H,36,37)(H,38,39). The van der Waals surface area contributed by atoms with Crippen molar-refractivity contribution in [2.24, 2.45) is 0 Å². The number of ether oxygens (including phenoxy) is 2. The number of esters is 2. The van der Waals surface area contributed by atoms with E-state index >= 15 is 0 Å². The van der Waals surface area contributed by atoms with Crippen LogP contribution in [-0.4, -0.2) is 62.3 Å². The molecule has 0 fully saturated rings. The quantitative estimate of drug-likeness (QED) is 0.180. The third kappa shape index (κ3) is 6.72. The van der Waals surface area contributed by atoms with Crippen LogP contribution >= 0.6 is 0 Å². The van der Waals surface area contributed by atoms with Crippen LogP contribution < -0.4 is 0 Å². The molecule has 11 nitrogen and oxygen atoms in total. The molecule has 0 aliphatic rings. The van der Waals surface area contributed by atoms with Gasteiger partial charge in [-0.05, 0) is 73.9 Å². The third-order valence-electron chi connectivity index (χ3n) is 7.43. The summed E-state index contributed by atoms with van der Waals surface area (Å²) in [5, 5.41) is 19.4. The first-order valence-electron chi connectivity index (χ1n) is 13.9. The number of carbonyl (C=O) groups excluding carboxylic acids is 2. The topological polar surface area (TPSA) is 175 Å². The lowest BCUT2D eigenvalue weighted by Crippen LogP contribution is -2.10. The van der Waals surface area contributed by atoms with Crippen molar-refractivity contribution in [2.45, 2.75) is 80.1 Å². The lowest BCUT2D eigenvalue weighted by Gasteiger charge is -2.08. The van der Waals surface area contributed by atoms with Crippen molar-refractivity contribution in [3.05, 3.63) is 67.5 Å². The van der Waals surface area contributed by atoms with Crippen LogP contribution in [0, 0.1) is 13.8 Å². The molecule has 5 N–H and O–H groups in total. The van der Waals surface area contributed by atoms with Crippen LogP contribution in [-0.2, 0) is 57.6 Å². The fourth-order valence-electron chi connectivity index (χ4n) is 5.52. The summed E-state index contributed by atoms with van der Waals surface area (Å²) in [5.74, 6) is -3.09. The minimum Gasteiger partial charge on any atom is -0.477 e. The molecule has 3 aromatic heterocycles. The molecular formula is C30H39N3O8. The molecule has 11 heteroatoms. The SMILES string of the molecule is CCOC(=O)Cc1c(Cc2[nH]c(Cc3[nH]c(C(=O)O)c(C)c3CC(=O)OCC)c(CC)c2CC)[nH]c(C(=O)O)c1C. The number of H-pyrrole nitrogens is 3. The Kier molecular flexibility index (Phi) is 10.2. The second-order valence-corrected chi connectivity index (χ2v) is 9.84. The number of carbonyl (C=O) groups is 4. The molecular weight excluding hydrogens is 530 g/mol. The summed E-state index contributed by atoms with van der Waals surface area (Å²) < 4.78 is 10.2. The number of aromatic amines is 3. The van der Waals surface area contributed by atoms with E-state index < -0.39 is 23.9 Å². The van der Waals surface area contributed by atoms with Crippen LogP contribution in [0.4, 0.5) is 0 Å². The van der Waals surface area contributed by atoms with Crippen LogP contribution in [0.1, 0.15) is 105 Å². The van der Waals surface area contributed by atoms with Gasteiger partial charge in [-0.2, -0.15) is 0 Å². The molecule has 0 aromatic carbocycles. The predicted octanol–water partition coefficient (Wildman–Crippen LogP) is 4.20. The average Bonchev–Trinajstić information content (AvgIpc) is 3.51. The molecule has 3 aromatic rings. The number of carboxylic acid groups (broad SMARTS) is 2. The van der Waals surface area contributed by atoms with Gasteiger partial charge in [0.1, 0.15) is 11.4 Å². The number of aromatic carboxylic acids is 2. The summed E-state index contributed by atoms with van der Waals surface area (Å²) in [5.41, 5.74) is 7.37. The van der Waals surface area contributed by atoms with Gasteiger partial charge < -0.3 is 34.6 Å². The van der Waals surface area contributed by atoms with E-state index in [0.29, 0.717) is 59.3 Å². The second-order valence-electron chi connectivity index (χ2n) is 9.84. The summed E-state index contributed by atoms with van der Waals surface area (Å²) in [6.45, 7) is 11.3. The zero-order valence-corrected chi connectivity index (χ0v) is 24.5. The van der Waals surface area contributed by atoms with Gasteiger partial charge in [0.2, 0.25) is 0 Å². The molecule has 0 saturated carbocycles. The van der Waals surface area contributed by atoms with Crippen molar-refractivity contribution in [1.29, 1.82) is 0 Å². The molecule has 0 aliphatic heterocycles. The van der Waals surface area contributed by atoms with E-state index in [1.54, 1.807) is 27.7 Å². The molecule has 0 atom stereocenters. The summed E-state index contributed by atoms with van der Waals surface area (Å²) in [6.07, 6.45) is 1.97. The average molecular weight is 570 g/mol. The Bertz CT molecular complexity index is 1350. The highest BCUT2D eigenvalue weighted by Gasteiger charge is 2.26. The smallest absolute Gasteiger partial charge is 0.352 e. The summed E-state index contributed by atoms with van der Waals surface area (Å²) in [7, 11) is 0. The Hall–Kier alpha value is -4.28. The van der Waals surface area contributed by atoms with Gasteiger partial charge >= 0.3 is 23.9 Å². The monoisotopic (exact) mass is 569 g/mol. The Balaban J connectivity index is 2.07. The molecule has 0 aliphatic carbocycles. The largest absolute Gasteiger partial charge is 0.477 e. The molecule has 3 rings (SSSR count). The van der Waals surface area contributed by atoms with E-state index in [9.17, 15) is 29.4 Å². The number of hydrogen-bond donors (Lipinski definition) is 5. The molecule has 0 spiro atoms. The van der Waals surface area contributed by atoms with Crippen molar-refractivity contribution in [3.63, 3.8) is 0 Å². The molecule has 0 amide bonds. The van der Waals surface area contributed by atoms with Crippen LogP contribution in [0.15, 0.2) is 0 Å². The number of nitrogens with one attached hydrogen (secondary N) is 3. The van der Waals surface area contributed by atoms with Crippen molar-refractivity contribution < 1.29 is 38.9 Å². The van der Waals surface area contributed by atoms with E-state index in [1.165, 1.54) is 0 Å².